The summed E-state index contributed by atoms with van der Waals surface area (Å²) >= 11 is 5.74. The Labute approximate surface area is 127 Å². The molecule has 2 aromatic carbocycles. The number of anilines is 1. The van der Waals surface area contributed by atoms with Gasteiger partial charge in [-0.2, -0.15) is 0 Å². The molecular weight excluding hydrogens is 291 g/mol. The number of carbonyl (C=O) groups is 1. The summed E-state index contributed by atoms with van der Waals surface area (Å²) in [6.45, 7) is 0.799. The van der Waals surface area contributed by atoms with Gasteiger partial charge in [0, 0.05) is 34.9 Å². The highest BCUT2D eigenvalue weighted by Crippen LogP contribution is 2.24. The van der Waals surface area contributed by atoms with E-state index < -0.39 is 5.82 Å². The number of hydrogen-bond donors (Lipinski definition) is 1. The van der Waals surface area contributed by atoms with Crippen molar-refractivity contribution in [1.82, 2.24) is 4.90 Å². The molecule has 1 amide bonds. The summed E-state index contributed by atoms with van der Waals surface area (Å²) < 4.78 is 13.9. The monoisotopic (exact) mass is 304 g/mol. The molecule has 0 fully saturated rings. The molecule has 3 nitrogen and oxygen atoms in total. The third kappa shape index (κ3) is 2.72. The average molecular weight is 305 g/mol. The van der Waals surface area contributed by atoms with Crippen LogP contribution in [0.4, 0.5) is 10.1 Å². The van der Waals surface area contributed by atoms with Crippen molar-refractivity contribution >= 4 is 23.2 Å². The fourth-order valence-corrected chi connectivity index (χ4v) is 2.70. The molecule has 0 aromatic heterocycles. The van der Waals surface area contributed by atoms with E-state index in [0.29, 0.717) is 28.4 Å². The molecule has 0 aliphatic carbocycles. The molecule has 108 valence electrons. The number of carbonyl (C=O) groups excluding carboxylic acids is 1. The number of halogens is 2. The SMILES string of the molecule is Nc1ccc2c(c1)C(=O)N(Cc1ccc(Cl)cc1F)CC2. The fraction of sp³-hybridized carbons (Fsp3) is 0.188. The van der Waals surface area contributed by atoms with Crippen LogP contribution in [0.1, 0.15) is 21.5 Å². The second-order valence-corrected chi connectivity index (χ2v) is 5.57. The first-order chi connectivity index (χ1) is 10.0. The number of nitrogens with zero attached hydrogens (tertiary/aromatic N) is 1. The molecule has 1 heterocycles. The highest BCUT2D eigenvalue weighted by atomic mass is 35.5. The van der Waals surface area contributed by atoms with Crippen molar-refractivity contribution in [2.45, 2.75) is 13.0 Å². The van der Waals surface area contributed by atoms with Crippen molar-refractivity contribution in [1.29, 1.82) is 0 Å². The van der Waals surface area contributed by atoms with Crippen LogP contribution in [0.5, 0.6) is 0 Å². The maximum absolute atomic E-state index is 13.9. The first-order valence-electron chi connectivity index (χ1n) is 6.66. The van der Waals surface area contributed by atoms with E-state index in [1.165, 1.54) is 6.07 Å². The van der Waals surface area contributed by atoms with Crippen LogP contribution >= 0.6 is 11.6 Å². The van der Waals surface area contributed by atoms with E-state index in [1.807, 2.05) is 6.07 Å². The van der Waals surface area contributed by atoms with Gasteiger partial charge < -0.3 is 10.6 Å². The summed E-state index contributed by atoms with van der Waals surface area (Å²) in [6.07, 6.45) is 0.747. The normalized spacial score (nSPS) is 14.2. The molecule has 0 unspecified atom stereocenters. The zero-order valence-electron chi connectivity index (χ0n) is 11.3. The van der Waals surface area contributed by atoms with Crippen LogP contribution in [0, 0.1) is 5.82 Å². The number of hydrogen-bond acceptors (Lipinski definition) is 2. The van der Waals surface area contributed by atoms with E-state index in [-0.39, 0.29) is 12.5 Å². The highest BCUT2D eigenvalue weighted by Gasteiger charge is 2.25. The molecular formula is C16H14ClFN2O. The first-order valence-corrected chi connectivity index (χ1v) is 7.04. The molecule has 1 aliphatic heterocycles. The Bertz CT molecular complexity index is 717. The topological polar surface area (TPSA) is 46.3 Å². The van der Waals surface area contributed by atoms with Crippen LogP contribution in [0.25, 0.3) is 0 Å². The maximum atomic E-state index is 13.9. The molecule has 0 bridgehead atoms. The van der Waals surface area contributed by atoms with Crippen LogP contribution in [-0.2, 0) is 13.0 Å². The third-order valence-electron chi connectivity index (χ3n) is 3.68. The number of nitrogens with two attached hydrogens (primary N) is 1. The van der Waals surface area contributed by atoms with Crippen LogP contribution in [-0.4, -0.2) is 17.4 Å². The number of rotatable bonds is 2. The molecule has 0 saturated carbocycles. The molecule has 2 aromatic rings. The van der Waals surface area contributed by atoms with Gasteiger partial charge in [-0.15, -0.1) is 0 Å². The quantitative estimate of drug-likeness (QED) is 0.866. The maximum Gasteiger partial charge on any atom is 0.254 e. The zero-order valence-corrected chi connectivity index (χ0v) is 12.0. The lowest BCUT2D eigenvalue weighted by Crippen LogP contribution is -2.37. The number of nitrogen functional groups attached to an aromatic ring is 1. The van der Waals surface area contributed by atoms with E-state index in [9.17, 15) is 9.18 Å². The minimum atomic E-state index is -0.395. The predicted molar refractivity (Wildman–Crippen MR) is 80.7 cm³/mol. The largest absolute Gasteiger partial charge is 0.399 e. The van der Waals surface area contributed by atoms with Gasteiger partial charge in [0.2, 0.25) is 0 Å². The van der Waals surface area contributed by atoms with Gasteiger partial charge in [-0.3, -0.25) is 4.79 Å². The van der Waals surface area contributed by atoms with Gasteiger partial charge in [0.25, 0.3) is 5.91 Å². The Balaban J connectivity index is 1.86. The zero-order chi connectivity index (χ0) is 15.0. The summed E-state index contributed by atoms with van der Waals surface area (Å²) in [5.74, 6) is -0.508. The molecule has 3 rings (SSSR count). The van der Waals surface area contributed by atoms with Gasteiger partial charge in [0.05, 0.1) is 0 Å². The molecule has 2 N–H and O–H groups in total. The minimum Gasteiger partial charge on any atom is -0.399 e. The van der Waals surface area contributed by atoms with Crippen molar-refractivity contribution in [3.8, 4) is 0 Å². The Morgan fingerprint density at radius 1 is 1.24 bits per heavy atom. The van der Waals surface area contributed by atoms with Crippen LogP contribution in [0.15, 0.2) is 36.4 Å². The molecule has 1 aliphatic rings. The Morgan fingerprint density at radius 3 is 2.81 bits per heavy atom. The van der Waals surface area contributed by atoms with E-state index in [0.717, 1.165) is 12.0 Å². The molecule has 0 atom stereocenters. The van der Waals surface area contributed by atoms with Crippen molar-refractivity contribution in [3.63, 3.8) is 0 Å². The van der Waals surface area contributed by atoms with Crippen LogP contribution in [0.2, 0.25) is 5.02 Å². The molecule has 21 heavy (non-hydrogen) atoms. The van der Waals surface area contributed by atoms with Gasteiger partial charge in [0.1, 0.15) is 5.82 Å². The minimum absolute atomic E-state index is 0.113. The molecule has 0 radical (unpaired) electrons. The van der Waals surface area contributed by atoms with E-state index in [4.69, 9.17) is 17.3 Å². The summed E-state index contributed by atoms with van der Waals surface area (Å²) in [5, 5.41) is 0.347. The highest BCUT2D eigenvalue weighted by molar-refractivity contribution is 6.30. The Morgan fingerprint density at radius 2 is 2.05 bits per heavy atom. The third-order valence-corrected chi connectivity index (χ3v) is 3.91. The number of benzene rings is 2. The number of amides is 1. The van der Waals surface area contributed by atoms with Gasteiger partial charge in [-0.25, -0.2) is 4.39 Å². The van der Waals surface area contributed by atoms with Crippen LogP contribution < -0.4 is 5.73 Å². The Kier molecular flexibility index (Phi) is 3.55. The van der Waals surface area contributed by atoms with Crippen molar-refractivity contribution in [2.75, 3.05) is 12.3 Å². The molecule has 0 spiro atoms. The van der Waals surface area contributed by atoms with Gasteiger partial charge in [-0.05, 0) is 36.2 Å². The van der Waals surface area contributed by atoms with Crippen molar-refractivity contribution in [3.05, 3.63) is 63.9 Å². The lowest BCUT2D eigenvalue weighted by Gasteiger charge is -2.29. The van der Waals surface area contributed by atoms with E-state index in [1.54, 1.807) is 29.2 Å². The summed E-state index contributed by atoms with van der Waals surface area (Å²) in [6, 6.07) is 9.85. The average Bonchev–Trinajstić information content (AvgIpc) is 2.45. The standard InChI is InChI=1S/C16H14ClFN2O/c17-12-3-1-11(15(18)7-12)9-20-6-5-10-2-4-13(19)8-14(10)16(20)21/h1-4,7-8H,5-6,9,19H2. The number of fused-ring (bicyclic) bond motifs is 1. The Hall–Kier alpha value is -2.07. The van der Waals surface area contributed by atoms with Crippen molar-refractivity contribution < 1.29 is 9.18 Å². The van der Waals surface area contributed by atoms with Gasteiger partial charge in [0.15, 0.2) is 0 Å². The molecule has 5 heteroatoms. The lowest BCUT2D eigenvalue weighted by molar-refractivity contribution is 0.0725. The summed E-state index contributed by atoms with van der Waals surface area (Å²) in [7, 11) is 0. The smallest absolute Gasteiger partial charge is 0.254 e. The van der Waals surface area contributed by atoms with Gasteiger partial charge in [-0.1, -0.05) is 23.7 Å². The van der Waals surface area contributed by atoms with E-state index in [2.05, 4.69) is 0 Å². The van der Waals surface area contributed by atoms with Gasteiger partial charge >= 0.3 is 0 Å². The van der Waals surface area contributed by atoms with Crippen LogP contribution in [0.3, 0.4) is 0 Å². The summed E-state index contributed by atoms with van der Waals surface area (Å²) in [4.78, 5) is 14.1. The predicted octanol–water partition coefficient (Wildman–Crippen LogP) is 3.26. The fourth-order valence-electron chi connectivity index (χ4n) is 2.54. The summed E-state index contributed by atoms with van der Waals surface area (Å²) in [5.41, 5.74) is 8.35. The molecule has 0 saturated heterocycles. The van der Waals surface area contributed by atoms with Crippen molar-refractivity contribution in [2.24, 2.45) is 0 Å². The second-order valence-electron chi connectivity index (χ2n) is 5.13. The lowest BCUT2D eigenvalue weighted by atomic mass is 9.98. The second kappa shape index (κ2) is 5.37. The first kappa shape index (κ1) is 13.9. The van der Waals surface area contributed by atoms with E-state index >= 15 is 0 Å².